The molecular formula is C13H24N4O. The van der Waals surface area contributed by atoms with Crippen molar-refractivity contribution < 1.29 is 4.42 Å². The van der Waals surface area contributed by atoms with Gasteiger partial charge in [-0.2, -0.15) is 0 Å². The van der Waals surface area contributed by atoms with E-state index in [4.69, 9.17) is 4.42 Å². The highest BCUT2D eigenvalue weighted by atomic mass is 16.4. The van der Waals surface area contributed by atoms with Gasteiger partial charge in [0.15, 0.2) is 0 Å². The Labute approximate surface area is 109 Å². The number of rotatable bonds is 4. The maximum absolute atomic E-state index is 5.70. The van der Waals surface area contributed by atoms with Crippen LogP contribution in [-0.2, 0) is 6.54 Å². The van der Waals surface area contributed by atoms with Crippen LogP contribution in [-0.4, -0.2) is 29.3 Å². The molecule has 1 saturated heterocycles. The highest BCUT2D eigenvalue weighted by Gasteiger charge is 2.25. The van der Waals surface area contributed by atoms with Gasteiger partial charge in [-0.15, -0.1) is 5.10 Å². The van der Waals surface area contributed by atoms with E-state index in [-0.39, 0.29) is 0 Å². The third kappa shape index (κ3) is 3.22. The van der Waals surface area contributed by atoms with Crippen LogP contribution < -0.4 is 10.2 Å². The largest absolute Gasteiger partial charge is 0.407 e. The van der Waals surface area contributed by atoms with Crippen LogP contribution in [0.15, 0.2) is 4.42 Å². The van der Waals surface area contributed by atoms with Gasteiger partial charge in [0.25, 0.3) is 0 Å². The van der Waals surface area contributed by atoms with Gasteiger partial charge in [-0.1, -0.05) is 32.8 Å². The Bertz CT molecular complexity index is 377. The third-order valence-electron chi connectivity index (χ3n) is 3.72. The second kappa shape index (κ2) is 5.69. The fourth-order valence-electron chi connectivity index (χ4n) is 2.17. The zero-order chi connectivity index (χ0) is 13.1. The predicted octanol–water partition coefficient (Wildman–Crippen LogP) is 2.05. The number of hydrogen-bond acceptors (Lipinski definition) is 5. The first-order valence-electron chi connectivity index (χ1n) is 6.87. The summed E-state index contributed by atoms with van der Waals surface area (Å²) in [5, 5.41) is 11.5. The van der Waals surface area contributed by atoms with E-state index in [0.29, 0.717) is 30.4 Å². The lowest BCUT2D eigenvalue weighted by Gasteiger charge is -2.33. The second-order valence-corrected chi connectivity index (χ2v) is 5.70. The van der Waals surface area contributed by atoms with Crippen LogP contribution in [0.5, 0.6) is 0 Å². The molecule has 18 heavy (non-hydrogen) atoms. The molecule has 1 N–H and O–H groups in total. The molecular weight excluding hydrogens is 228 g/mol. The lowest BCUT2D eigenvalue weighted by atomic mass is 9.89. The molecule has 102 valence electrons. The van der Waals surface area contributed by atoms with Gasteiger partial charge in [0.1, 0.15) is 0 Å². The van der Waals surface area contributed by atoms with Gasteiger partial charge in [0, 0.05) is 19.1 Å². The van der Waals surface area contributed by atoms with Crippen LogP contribution in [0.4, 0.5) is 6.01 Å². The van der Waals surface area contributed by atoms with Crippen LogP contribution >= 0.6 is 0 Å². The van der Waals surface area contributed by atoms with E-state index in [2.05, 4.69) is 48.1 Å². The van der Waals surface area contributed by atoms with Crippen molar-refractivity contribution in [3.8, 4) is 0 Å². The molecule has 2 heterocycles. The van der Waals surface area contributed by atoms with Crippen molar-refractivity contribution in [3.63, 3.8) is 0 Å². The van der Waals surface area contributed by atoms with E-state index >= 15 is 0 Å². The summed E-state index contributed by atoms with van der Waals surface area (Å²) in [7, 11) is 0. The summed E-state index contributed by atoms with van der Waals surface area (Å²) in [6.45, 7) is 11.5. The van der Waals surface area contributed by atoms with Crippen molar-refractivity contribution in [2.45, 2.75) is 46.7 Å². The standard InChI is InChI=1S/C13H24N4O/c1-9(2)14-7-12-15-16-13(18-12)17-6-5-10(3)11(4)8-17/h9-11,14H,5-8H2,1-4H3. The van der Waals surface area contributed by atoms with Crippen LogP contribution in [0.3, 0.4) is 0 Å². The van der Waals surface area contributed by atoms with Crippen molar-refractivity contribution in [3.05, 3.63) is 5.89 Å². The number of anilines is 1. The van der Waals surface area contributed by atoms with Crippen molar-refractivity contribution in [2.24, 2.45) is 11.8 Å². The lowest BCUT2D eigenvalue weighted by molar-refractivity contribution is 0.310. The van der Waals surface area contributed by atoms with Crippen LogP contribution in [0.1, 0.15) is 40.0 Å². The molecule has 1 aliphatic rings. The van der Waals surface area contributed by atoms with E-state index < -0.39 is 0 Å². The first kappa shape index (κ1) is 13.3. The fourth-order valence-corrected chi connectivity index (χ4v) is 2.17. The maximum atomic E-state index is 5.70. The van der Waals surface area contributed by atoms with Gasteiger partial charge >= 0.3 is 6.01 Å². The van der Waals surface area contributed by atoms with Crippen molar-refractivity contribution >= 4 is 6.01 Å². The second-order valence-electron chi connectivity index (χ2n) is 5.70. The fraction of sp³-hybridized carbons (Fsp3) is 0.846. The molecule has 2 unspecified atom stereocenters. The average molecular weight is 252 g/mol. The van der Waals surface area contributed by atoms with E-state index in [9.17, 15) is 0 Å². The molecule has 1 aromatic heterocycles. The number of piperidine rings is 1. The van der Waals surface area contributed by atoms with Gasteiger partial charge in [-0.05, 0) is 18.3 Å². The molecule has 1 aromatic rings. The normalized spacial score (nSPS) is 24.8. The van der Waals surface area contributed by atoms with E-state index in [1.54, 1.807) is 0 Å². The Morgan fingerprint density at radius 2 is 2.11 bits per heavy atom. The van der Waals surface area contributed by atoms with Crippen molar-refractivity contribution in [1.82, 2.24) is 15.5 Å². The summed E-state index contributed by atoms with van der Waals surface area (Å²) in [5.41, 5.74) is 0. The molecule has 1 fully saturated rings. The van der Waals surface area contributed by atoms with E-state index in [0.717, 1.165) is 19.0 Å². The molecule has 0 amide bonds. The smallest absolute Gasteiger partial charge is 0.318 e. The van der Waals surface area contributed by atoms with Crippen LogP contribution in [0.2, 0.25) is 0 Å². The summed E-state index contributed by atoms with van der Waals surface area (Å²) in [5.74, 6) is 2.14. The Balaban J connectivity index is 1.93. The number of aromatic nitrogens is 2. The first-order chi connectivity index (χ1) is 8.56. The summed E-state index contributed by atoms with van der Waals surface area (Å²) < 4.78 is 5.70. The molecule has 1 aliphatic heterocycles. The zero-order valence-electron chi connectivity index (χ0n) is 11.8. The average Bonchev–Trinajstić information content (AvgIpc) is 2.79. The molecule has 0 spiro atoms. The molecule has 0 aliphatic carbocycles. The minimum absolute atomic E-state index is 0.427. The Morgan fingerprint density at radius 1 is 1.33 bits per heavy atom. The maximum Gasteiger partial charge on any atom is 0.318 e. The Kier molecular flexibility index (Phi) is 4.22. The number of nitrogens with one attached hydrogen (secondary N) is 1. The highest BCUT2D eigenvalue weighted by Crippen LogP contribution is 2.26. The molecule has 0 aromatic carbocycles. The molecule has 0 saturated carbocycles. The monoisotopic (exact) mass is 252 g/mol. The predicted molar refractivity (Wildman–Crippen MR) is 71.4 cm³/mol. The SMILES string of the molecule is CC(C)NCc1nnc(N2CCC(C)C(C)C2)o1. The Hall–Kier alpha value is -1.10. The molecule has 0 bridgehead atoms. The van der Waals surface area contributed by atoms with Crippen molar-refractivity contribution in [1.29, 1.82) is 0 Å². The number of hydrogen-bond donors (Lipinski definition) is 1. The first-order valence-corrected chi connectivity index (χ1v) is 6.87. The van der Waals surface area contributed by atoms with Crippen molar-refractivity contribution in [2.75, 3.05) is 18.0 Å². The van der Waals surface area contributed by atoms with Gasteiger partial charge < -0.3 is 14.6 Å². The van der Waals surface area contributed by atoms with Gasteiger partial charge in [0.2, 0.25) is 5.89 Å². The summed E-state index contributed by atoms with van der Waals surface area (Å²) in [6.07, 6.45) is 1.20. The Morgan fingerprint density at radius 3 is 2.78 bits per heavy atom. The topological polar surface area (TPSA) is 54.2 Å². The summed E-state index contributed by atoms with van der Waals surface area (Å²) >= 11 is 0. The minimum Gasteiger partial charge on any atom is -0.407 e. The van der Waals surface area contributed by atoms with Gasteiger partial charge in [-0.3, -0.25) is 0 Å². The van der Waals surface area contributed by atoms with Crippen LogP contribution in [0, 0.1) is 11.8 Å². The van der Waals surface area contributed by atoms with Crippen LogP contribution in [0.25, 0.3) is 0 Å². The molecule has 0 radical (unpaired) electrons. The van der Waals surface area contributed by atoms with Gasteiger partial charge in [-0.25, -0.2) is 0 Å². The zero-order valence-corrected chi connectivity index (χ0v) is 11.8. The molecule has 5 heteroatoms. The molecule has 2 atom stereocenters. The van der Waals surface area contributed by atoms with E-state index in [1.807, 2.05) is 0 Å². The van der Waals surface area contributed by atoms with Gasteiger partial charge in [0.05, 0.1) is 6.54 Å². The summed E-state index contributed by atoms with van der Waals surface area (Å²) in [4.78, 5) is 2.20. The quantitative estimate of drug-likeness (QED) is 0.889. The number of nitrogens with zero attached hydrogens (tertiary/aromatic N) is 3. The van der Waals surface area contributed by atoms with E-state index in [1.165, 1.54) is 6.42 Å². The molecule has 2 rings (SSSR count). The molecule has 5 nitrogen and oxygen atoms in total. The minimum atomic E-state index is 0.427. The lowest BCUT2D eigenvalue weighted by Crippen LogP contribution is -2.38. The third-order valence-corrected chi connectivity index (χ3v) is 3.72. The summed E-state index contributed by atoms with van der Waals surface area (Å²) in [6, 6.07) is 1.10. The highest BCUT2D eigenvalue weighted by molar-refractivity contribution is 5.25.